The molecule has 1 aliphatic heterocycles. The van der Waals surface area contributed by atoms with E-state index in [1.54, 1.807) is 6.92 Å². The highest BCUT2D eigenvalue weighted by Gasteiger charge is 2.30. The number of benzene rings is 2. The van der Waals surface area contributed by atoms with Gasteiger partial charge in [-0.25, -0.2) is 18.0 Å². The van der Waals surface area contributed by atoms with Gasteiger partial charge in [-0.15, -0.1) is 11.3 Å². The quantitative estimate of drug-likeness (QED) is 0.319. The summed E-state index contributed by atoms with van der Waals surface area (Å²) >= 11 is 1.35. The van der Waals surface area contributed by atoms with Crippen LogP contribution in [0.15, 0.2) is 47.4 Å². The molecule has 5 rings (SSSR count). The Morgan fingerprint density at radius 1 is 1.05 bits per heavy atom. The van der Waals surface area contributed by atoms with Gasteiger partial charge in [0.05, 0.1) is 22.6 Å². The van der Waals surface area contributed by atoms with Crippen LogP contribution in [0.25, 0.3) is 0 Å². The molecule has 0 unspecified atom stereocenters. The van der Waals surface area contributed by atoms with E-state index >= 15 is 0 Å². The largest absolute Gasteiger partial charge is 0.486 e. The van der Waals surface area contributed by atoms with Crippen LogP contribution in [0.4, 0.5) is 10.7 Å². The predicted octanol–water partition coefficient (Wildman–Crippen LogP) is 4.81. The first-order valence-electron chi connectivity index (χ1n) is 13.9. The van der Waals surface area contributed by atoms with Crippen molar-refractivity contribution < 1.29 is 41.7 Å². The van der Waals surface area contributed by atoms with Crippen molar-refractivity contribution in [3.63, 3.8) is 0 Å². The second-order valence-corrected chi connectivity index (χ2v) is 13.1. The highest BCUT2D eigenvalue weighted by atomic mass is 32.2. The number of carbonyl (C=O) groups excluding carboxylic acids is 3. The molecule has 1 aliphatic carbocycles. The van der Waals surface area contributed by atoms with Gasteiger partial charge < -0.3 is 24.3 Å². The Labute approximate surface area is 253 Å². The second kappa shape index (κ2) is 12.6. The highest BCUT2D eigenvalue weighted by molar-refractivity contribution is 7.92. The average molecular weight is 629 g/mol. The maximum atomic E-state index is 13.0. The fourth-order valence-electron chi connectivity index (χ4n) is 4.83. The molecule has 13 heteroatoms. The minimum absolute atomic E-state index is 0.00714. The van der Waals surface area contributed by atoms with Gasteiger partial charge in [0, 0.05) is 16.6 Å². The lowest BCUT2D eigenvalue weighted by Crippen LogP contribution is -2.30. The maximum absolute atomic E-state index is 13.0. The number of esters is 2. The van der Waals surface area contributed by atoms with E-state index < -0.39 is 34.0 Å². The summed E-state index contributed by atoms with van der Waals surface area (Å²) in [6, 6.07) is 9.94. The summed E-state index contributed by atoms with van der Waals surface area (Å²) in [4.78, 5) is 39.6. The number of ether oxygens (including phenoxy) is 4. The fraction of sp³-hybridized carbons (Fsp3) is 0.367. The molecular weight excluding hydrogens is 596 g/mol. The molecule has 0 spiro atoms. The van der Waals surface area contributed by atoms with Crippen LogP contribution in [0.3, 0.4) is 0 Å². The Morgan fingerprint density at radius 2 is 1.77 bits per heavy atom. The molecule has 0 saturated heterocycles. The van der Waals surface area contributed by atoms with Crippen molar-refractivity contribution in [1.82, 2.24) is 0 Å². The number of thiophene rings is 1. The Kier molecular flexibility index (Phi) is 8.92. The van der Waals surface area contributed by atoms with E-state index in [-0.39, 0.29) is 22.8 Å². The third-order valence-corrected chi connectivity index (χ3v) is 9.63. The Morgan fingerprint density at radius 3 is 2.49 bits per heavy atom. The lowest BCUT2D eigenvalue weighted by Gasteiger charge is -2.19. The minimum atomic E-state index is -3.94. The molecule has 2 aromatic carbocycles. The van der Waals surface area contributed by atoms with Crippen molar-refractivity contribution in [2.45, 2.75) is 51.0 Å². The molecule has 2 atom stereocenters. The standard InChI is InChI=1S/C30H32N2O9S2/c1-4-38-30(35)26-22-11-5-17(2)15-25(22)42-28(26)31-27(33)18(3)41-29(34)19-6-8-20(9-7-19)32-43(36,37)21-10-12-23-24(16-21)40-14-13-39-23/h6-10,12,16-18,32H,4-5,11,13-15H2,1-3H3,(H,31,33)/t17-,18+/m0/s1. The molecule has 0 bridgehead atoms. The van der Waals surface area contributed by atoms with Gasteiger partial charge in [0.25, 0.3) is 15.9 Å². The van der Waals surface area contributed by atoms with Gasteiger partial charge in [0.15, 0.2) is 17.6 Å². The van der Waals surface area contributed by atoms with Crippen LogP contribution in [0.5, 0.6) is 11.5 Å². The minimum Gasteiger partial charge on any atom is -0.486 e. The lowest BCUT2D eigenvalue weighted by molar-refractivity contribution is -0.123. The summed E-state index contributed by atoms with van der Waals surface area (Å²) in [6.45, 7) is 6.23. The number of fused-ring (bicyclic) bond motifs is 2. The number of anilines is 2. The molecule has 0 saturated carbocycles. The van der Waals surface area contributed by atoms with Gasteiger partial charge in [-0.1, -0.05) is 6.92 Å². The maximum Gasteiger partial charge on any atom is 0.341 e. The summed E-state index contributed by atoms with van der Waals surface area (Å²) in [5, 5.41) is 3.14. The van der Waals surface area contributed by atoms with Gasteiger partial charge in [0.1, 0.15) is 18.2 Å². The number of rotatable bonds is 9. The topological polar surface area (TPSA) is 146 Å². The summed E-state index contributed by atoms with van der Waals surface area (Å²) in [5.74, 6) is -0.558. The monoisotopic (exact) mass is 628 g/mol. The van der Waals surface area contributed by atoms with E-state index in [1.165, 1.54) is 60.7 Å². The van der Waals surface area contributed by atoms with Crippen LogP contribution < -0.4 is 19.5 Å². The number of sulfonamides is 1. The fourth-order valence-corrected chi connectivity index (χ4v) is 7.31. The first-order chi connectivity index (χ1) is 20.6. The second-order valence-electron chi connectivity index (χ2n) is 10.3. The Balaban J connectivity index is 1.22. The molecule has 3 aromatic rings. The van der Waals surface area contributed by atoms with Crippen molar-refractivity contribution in [3.05, 3.63) is 64.0 Å². The Hall–Kier alpha value is -4.10. The van der Waals surface area contributed by atoms with Crippen molar-refractivity contribution in [2.75, 3.05) is 29.9 Å². The van der Waals surface area contributed by atoms with Crippen LogP contribution >= 0.6 is 11.3 Å². The number of nitrogens with one attached hydrogen (secondary N) is 2. The zero-order chi connectivity index (χ0) is 30.7. The number of hydrogen-bond donors (Lipinski definition) is 2. The van der Waals surface area contributed by atoms with Gasteiger partial charge in [-0.3, -0.25) is 9.52 Å². The van der Waals surface area contributed by atoms with Crippen molar-refractivity contribution in [2.24, 2.45) is 5.92 Å². The summed E-state index contributed by atoms with van der Waals surface area (Å²) in [7, 11) is -3.94. The zero-order valence-corrected chi connectivity index (χ0v) is 25.6. The summed E-state index contributed by atoms with van der Waals surface area (Å²) in [6.07, 6.45) is 1.31. The molecule has 2 N–H and O–H groups in total. The van der Waals surface area contributed by atoms with Crippen LogP contribution in [0, 0.1) is 5.92 Å². The normalized spacial score (nSPS) is 16.4. The number of hydrogen-bond acceptors (Lipinski definition) is 10. The van der Waals surface area contributed by atoms with E-state index in [9.17, 15) is 22.8 Å². The molecule has 43 heavy (non-hydrogen) atoms. The van der Waals surface area contributed by atoms with Crippen LogP contribution in [0.2, 0.25) is 0 Å². The Bertz CT molecular complexity index is 1650. The number of amides is 1. The highest BCUT2D eigenvalue weighted by Crippen LogP contribution is 2.40. The SMILES string of the molecule is CCOC(=O)c1c(NC(=O)[C@@H](C)OC(=O)c2ccc(NS(=O)(=O)c3ccc4c(c3)OCCO4)cc2)sc2c1CC[C@H](C)C2. The van der Waals surface area contributed by atoms with E-state index in [0.29, 0.717) is 41.2 Å². The third kappa shape index (κ3) is 6.78. The van der Waals surface area contributed by atoms with Crippen LogP contribution in [0.1, 0.15) is 58.3 Å². The van der Waals surface area contributed by atoms with E-state index in [0.717, 1.165) is 29.7 Å². The first kappa shape index (κ1) is 30.4. The molecule has 228 valence electrons. The molecular formula is C30H32N2O9S2. The smallest absolute Gasteiger partial charge is 0.341 e. The molecule has 0 radical (unpaired) electrons. The average Bonchev–Trinajstić information content (AvgIpc) is 3.33. The lowest BCUT2D eigenvalue weighted by atomic mass is 9.88. The molecule has 2 heterocycles. The zero-order valence-electron chi connectivity index (χ0n) is 23.9. The van der Waals surface area contributed by atoms with Crippen molar-refractivity contribution in [3.8, 4) is 11.5 Å². The van der Waals surface area contributed by atoms with Crippen LogP contribution in [-0.4, -0.2) is 52.2 Å². The molecule has 1 aromatic heterocycles. The first-order valence-corrected chi connectivity index (χ1v) is 16.2. The van der Waals surface area contributed by atoms with Gasteiger partial charge in [0.2, 0.25) is 0 Å². The van der Waals surface area contributed by atoms with E-state index in [2.05, 4.69) is 17.0 Å². The van der Waals surface area contributed by atoms with Crippen molar-refractivity contribution in [1.29, 1.82) is 0 Å². The molecule has 1 amide bonds. The molecule has 2 aliphatic rings. The van der Waals surface area contributed by atoms with Crippen LogP contribution in [-0.2, 0) is 37.1 Å². The molecule has 0 fully saturated rings. The van der Waals surface area contributed by atoms with Gasteiger partial charge in [-0.05, 0) is 81.0 Å². The predicted molar refractivity (Wildman–Crippen MR) is 160 cm³/mol. The van der Waals surface area contributed by atoms with Gasteiger partial charge >= 0.3 is 11.9 Å². The summed E-state index contributed by atoms with van der Waals surface area (Å²) in [5.41, 5.74) is 1.62. The van der Waals surface area contributed by atoms with Crippen molar-refractivity contribution >= 4 is 49.9 Å². The van der Waals surface area contributed by atoms with Gasteiger partial charge in [-0.2, -0.15) is 0 Å². The third-order valence-electron chi connectivity index (χ3n) is 7.08. The molecule has 11 nitrogen and oxygen atoms in total. The summed E-state index contributed by atoms with van der Waals surface area (Å²) < 4.78 is 49.8. The number of carbonyl (C=O) groups is 3. The van der Waals surface area contributed by atoms with E-state index in [4.69, 9.17) is 18.9 Å². The van der Waals surface area contributed by atoms with E-state index in [1.807, 2.05) is 0 Å².